The zero-order valence-corrected chi connectivity index (χ0v) is 11.0. The number of nitro benzene ring substituents is 1. The van der Waals surface area contributed by atoms with E-state index in [0.717, 1.165) is 24.9 Å². The number of piperidine rings is 1. The third-order valence-corrected chi connectivity index (χ3v) is 3.45. The van der Waals surface area contributed by atoms with E-state index in [2.05, 4.69) is 10.2 Å². The molecule has 0 amide bonds. The van der Waals surface area contributed by atoms with Gasteiger partial charge >= 0.3 is 0 Å². The lowest BCUT2D eigenvalue weighted by atomic mass is 10.1. The highest BCUT2D eigenvalue weighted by molar-refractivity contribution is 5.66. The fourth-order valence-electron chi connectivity index (χ4n) is 2.57. The van der Waals surface area contributed by atoms with Gasteiger partial charge in [0.1, 0.15) is 5.69 Å². The summed E-state index contributed by atoms with van der Waals surface area (Å²) in [5.74, 6) is 0. The Morgan fingerprint density at radius 2 is 2.37 bits per heavy atom. The van der Waals surface area contributed by atoms with Crippen LogP contribution in [-0.4, -0.2) is 41.2 Å². The van der Waals surface area contributed by atoms with Crippen molar-refractivity contribution in [1.29, 1.82) is 0 Å². The van der Waals surface area contributed by atoms with E-state index in [1.807, 2.05) is 6.07 Å². The van der Waals surface area contributed by atoms with Crippen molar-refractivity contribution < 1.29 is 10.0 Å². The first-order valence-corrected chi connectivity index (χ1v) is 6.46. The summed E-state index contributed by atoms with van der Waals surface area (Å²) in [4.78, 5) is 12.7. The van der Waals surface area contributed by atoms with Gasteiger partial charge < -0.3 is 10.4 Å². The van der Waals surface area contributed by atoms with Crippen molar-refractivity contribution >= 4 is 11.4 Å². The minimum Gasteiger partial charge on any atom is -0.392 e. The number of hydrogen-bond donors (Lipinski definition) is 2. The quantitative estimate of drug-likeness (QED) is 0.638. The average molecular weight is 265 g/mol. The first kappa shape index (κ1) is 13.8. The van der Waals surface area contributed by atoms with Crippen molar-refractivity contribution in [3.63, 3.8) is 0 Å². The summed E-state index contributed by atoms with van der Waals surface area (Å²) in [6.07, 6.45) is 1.51. The number of hydrogen-bond acceptors (Lipinski definition) is 5. The molecule has 1 fully saturated rings. The molecule has 6 nitrogen and oxygen atoms in total. The fourth-order valence-corrected chi connectivity index (χ4v) is 2.57. The summed E-state index contributed by atoms with van der Waals surface area (Å²) in [6.45, 7) is 2.17. The molecule has 0 saturated carbocycles. The van der Waals surface area contributed by atoms with Crippen LogP contribution in [0.5, 0.6) is 0 Å². The molecular weight excluding hydrogens is 246 g/mol. The van der Waals surface area contributed by atoms with Crippen LogP contribution in [0.4, 0.5) is 11.4 Å². The van der Waals surface area contributed by atoms with E-state index in [9.17, 15) is 15.2 Å². The van der Waals surface area contributed by atoms with Crippen LogP contribution >= 0.6 is 0 Å². The number of benzene rings is 1. The van der Waals surface area contributed by atoms with Gasteiger partial charge in [0.2, 0.25) is 0 Å². The lowest BCUT2D eigenvalue weighted by molar-refractivity contribution is -0.384. The van der Waals surface area contributed by atoms with Crippen molar-refractivity contribution in [2.75, 3.05) is 25.5 Å². The third-order valence-electron chi connectivity index (χ3n) is 3.45. The van der Waals surface area contributed by atoms with Crippen molar-refractivity contribution in [2.24, 2.45) is 0 Å². The van der Waals surface area contributed by atoms with Crippen LogP contribution in [-0.2, 0) is 6.54 Å². The van der Waals surface area contributed by atoms with E-state index >= 15 is 0 Å². The lowest BCUT2D eigenvalue weighted by Crippen LogP contribution is -2.37. The van der Waals surface area contributed by atoms with E-state index in [-0.39, 0.29) is 16.7 Å². The molecule has 1 aliphatic rings. The molecule has 104 valence electrons. The molecule has 1 unspecified atom stereocenters. The molecule has 1 saturated heterocycles. The molecule has 0 aliphatic carbocycles. The van der Waals surface area contributed by atoms with Gasteiger partial charge in [0, 0.05) is 26.2 Å². The third kappa shape index (κ3) is 3.21. The number of β-amino-alcohol motifs (C(OH)–C–C–N with tert-alkyl or cyclic N) is 1. The Kier molecular flexibility index (Phi) is 4.34. The number of likely N-dealkylation sites (tertiary alicyclic amines) is 1. The SMILES string of the molecule is CNc1c(CN2CCCC(O)C2)cccc1[N+](=O)[O-]. The molecule has 1 aromatic rings. The second-order valence-electron chi connectivity index (χ2n) is 4.85. The molecule has 2 N–H and O–H groups in total. The number of para-hydroxylation sites is 1. The second-order valence-corrected chi connectivity index (χ2v) is 4.85. The van der Waals surface area contributed by atoms with Crippen LogP contribution in [0.3, 0.4) is 0 Å². The monoisotopic (exact) mass is 265 g/mol. The van der Waals surface area contributed by atoms with E-state index < -0.39 is 0 Å². The fraction of sp³-hybridized carbons (Fsp3) is 0.538. The highest BCUT2D eigenvalue weighted by Crippen LogP contribution is 2.29. The van der Waals surface area contributed by atoms with Gasteiger partial charge in [-0.15, -0.1) is 0 Å². The molecule has 19 heavy (non-hydrogen) atoms. The zero-order chi connectivity index (χ0) is 13.8. The number of aliphatic hydroxyl groups is 1. The van der Waals surface area contributed by atoms with Gasteiger partial charge in [-0.1, -0.05) is 12.1 Å². The largest absolute Gasteiger partial charge is 0.392 e. The first-order chi connectivity index (χ1) is 9.11. The Hall–Kier alpha value is -1.66. The molecule has 0 bridgehead atoms. The summed E-state index contributed by atoms with van der Waals surface area (Å²) in [6, 6.07) is 5.09. The standard InChI is InChI=1S/C13H19N3O3/c1-14-13-10(4-2-6-12(13)16(18)19)8-15-7-3-5-11(17)9-15/h2,4,6,11,14,17H,3,5,7-9H2,1H3. The summed E-state index contributed by atoms with van der Waals surface area (Å²) in [7, 11) is 1.69. The van der Waals surface area contributed by atoms with Gasteiger partial charge in [0.05, 0.1) is 11.0 Å². The van der Waals surface area contributed by atoms with Gasteiger partial charge in [0.15, 0.2) is 0 Å². The summed E-state index contributed by atoms with van der Waals surface area (Å²) < 4.78 is 0. The van der Waals surface area contributed by atoms with Gasteiger partial charge in [-0.2, -0.15) is 0 Å². The maximum Gasteiger partial charge on any atom is 0.292 e. The van der Waals surface area contributed by atoms with Gasteiger partial charge in [-0.25, -0.2) is 0 Å². The van der Waals surface area contributed by atoms with Crippen LogP contribution in [0.2, 0.25) is 0 Å². The maximum atomic E-state index is 11.0. The Morgan fingerprint density at radius 3 is 3.00 bits per heavy atom. The highest BCUT2D eigenvalue weighted by atomic mass is 16.6. The van der Waals surface area contributed by atoms with Gasteiger partial charge in [0.25, 0.3) is 5.69 Å². The van der Waals surface area contributed by atoms with Gasteiger partial charge in [-0.3, -0.25) is 15.0 Å². The first-order valence-electron chi connectivity index (χ1n) is 6.46. The van der Waals surface area contributed by atoms with E-state index in [1.54, 1.807) is 13.1 Å². The average Bonchev–Trinajstić information content (AvgIpc) is 2.38. The van der Waals surface area contributed by atoms with E-state index in [1.165, 1.54) is 6.07 Å². The summed E-state index contributed by atoms with van der Waals surface area (Å²) in [5, 5.41) is 23.6. The Labute approximate surface area is 112 Å². The number of rotatable bonds is 4. The Bertz CT molecular complexity index is 464. The Balaban J connectivity index is 2.19. The molecular formula is C13H19N3O3. The van der Waals surface area contributed by atoms with Crippen LogP contribution < -0.4 is 5.32 Å². The molecule has 1 aromatic carbocycles. The maximum absolute atomic E-state index is 11.0. The summed E-state index contributed by atoms with van der Waals surface area (Å²) in [5.41, 5.74) is 1.55. The van der Waals surface area contributed by atoms with Crippen LogP contribution in [0.25, 0.3) is 0 Å². The number of nitrogens with zero attached hydrogens (tertiary/aromatic N) is 2. The molecule has 0 aromatic heterocycles. The Morgan fingerprint density at radius 1 is 1.58 bits per heavy atom. The molecule has 0 radical (unpaired) electrons. The normalized spacial score (nSPS) is 20.2. The van der Waals surface area contributed by atoms with Crippen LogP contribution in [0.15, 0.2) is 18.2 Å². The number of nitrogens with one attached hydrogen (secondary N) is 1. The van der Waals surface area contributed by atoms with Crippen molar-refractivity contribution in [3.8, 4) is 0 Å². The molecule has 0 spiro atoms. The minimum atomic E-state index is -0.375. The molecule has 1 aliphatic heterocycles. The molecule has 2 rings (SSSR count). The van der Waals surface area contributed by atoms with Crippen molar-refractivity contribution in [2.45, 2.75) is 25.5 Å². The van der Waals surface area contributed by atoms with E-state index in [0.29, 0.717) is 18.8 Å². The predicted molar refractivity (Wildman–Crippen MR) is 73.2 cm³/mol. The van der Waals surface area contributed by atoms with Crippen molar-refractivity contribution in [1.82, 2.24) is 4.90 Å². The van der Waals surface area contributed by atoms with Crippen molar-refractivity contribution in [3.05, 3.63) is 33.9 Å². The lowest BCUT2D eigenvalue weighted by Gasteiger charge is -2.30. The molecule has 1 heterocycles. The number of nitro groups is 1. The minimum absolute atomic E-state index is 0.0950. The molecule has 6 heteroatoms. The predicted octanol–water partition coefficient (Wildman–Crippen LogP) is 1.59. The van der Waals surface area contributed by atoms with Gasteiger partial charge in [-0.05, 0) is 24.9 Å². The number of aliphatic hydroxyl groups excluding tert-OH is 1. The summed E-state index contributed by atoms with van der Waals surface area (Å²) >= 11 is 0. The topological polar surface area (TPSA) is 78.6 Å². The van der Waals surface area contributed by atoms with Crippen LogP contribution in [0.1, 0.15) is 18.4 Å². The zero-order valence-electron chi connectivity index (χ0n) is 11.0. The highest BCUT2D eigenvalue weighted by Gasteiger charge is 2.21. The number of anilines is 1. The second kappa shape index (κ2) is 5.99. The smallest absolute Gasteiger partial charge is 0.292 e. The molecule has 1 atom stereocenters. The van der Waals surface area contributed by atoms with E-state index in [4.69, 9.17) is 0 Å². The van der Waals surface area contributed by atoms with Crippen LogP contribution in [0, 0.1) is 10.1 Å².